The first-order chi connectivity index (χ1) is 14.7. The molecule has 0 amide bonds. The number of unbranched alkanes of at least 4 members (excludes halogenated alkanes) is 2. The lowest BCUT2D eigenvalue weighted by Crippen LogP contribution is -2.01. The fourth-order valence-corrected chi connectivity index (χ4v) is 5.14. The minimum atomic E-state index is -1.57. The average Bonchev–Trinajstić information content (AvgIpc) is 3.09. The lowest BCUT2D eigenvalue weighted by molar-refractivity contribution is 0.104. The van der Waals surface area contributed by atoms with Gasteiger partial charge in [-0.2, -0.15) is 0 Å². The lowest BCUT2D eigenvalue weighted by Gasteiger charge is -2.05. The molecule has 30 heavy (non-hydrogen) atoms. The molecule has 0 saturated heterocycles. The molecular formula is C26H24O3S. The van der Waals surface area contributed by atoms with Crippen molar-refractivity contribution in [3.8, 4) is 16.9 Å². The van der Waals surface area contributed by atoms with E-state index in [0.717, 1.165) is 35.8 Å². The van der Waals surface area contributed by atoms with Gasteiger partial charge in [-0.15, -0.1) is 0 Å². The number of carbonyl (C=O) groups is 1. The number of carbonyl (C=O) groups excluding carboxylic acids is 1. The molecular weight excluding hydrogens is 392 g/mol. The number of ketones is 1. The van der Waals surface area contributed by atoms with Crippen molar-refractivity contribution in [2.75, 3.05) is 6.61 Å². The van der Waals surface area contributed by atoms with Crippen LogP contribution in [0.25, 0.3) is 21.2 Å². The molecule has 4 rings (SSSR count). The van der Waals surface area contributed by atoms with Gasteiger partial charge in [0.25, 0.3) is 0 Å². The van der Waals surface area contributed by atoms with E-state index >= 15 is 0 Å². The Labute approximate surface area is 179 Å². The molecule has 0 bridgehead atoms. The molecule has 3 aromatic carbocycles. The summed E-state index contributed by atoms with van der Waals surface area (Å²) in [5, 5.41) is 0.833. The summed E-state index contributed by atoms with van der Waals surface area (Å²) < 4.78 is 20.0. The minimum absolute atomic E-state index is 0.200. The number of thiophene rings is 1. The van der Waals surface area contributed by atoms with Crippen LogP contribution in [-0.2, 0) is 0 Å². The van der Waals surface area contributed by atoms with E-state index in [1.54, 1.807) is 12.1 Å². The van der Waals surface area contributed by atoms with Gasteiger partial charge in [-0.25, -0.2) is 0 Å². The van der Waals surface area contributed by atoms with Crippen LogP contribution in [0, 0.1) is 0 Å². The maximum atomic E-state index is 13.5. The van der Waals surface area contributed by atoms with Crippen molar-refractivity contribution in [1.82, 2.24) is 0 Å². The first-order valence-electron chi connectivity index (χ1n) is 10.3. The Morgan fingerprint density at radius 2 is 1.63 bits per heavy atom. The van der Waals surface area contributed by atoms with Crippen LogP contribution in [0.1, 0.15) is 41.4 Å². The second-order valence-electron chi connectivity index (χ2n) is 7.25. The molecule has 0 radical (unpaired) electrons. The van der Waals surface area contributed by atoms with Gasteiger partial charge in [0.05, 0.1) is 12.2 Å². The van der Waals surface area contributed by atoms with E-state index in [1.165, 1.54) is 0 Å². The predicted molar refractivity (Wildman–Crippen MR) is 123 cm³/mol. The van der Waals surface area contributed by atoms with Crippen LogP contribution in [0.2, 0.25) is 0 Å². The summed E-state index contributed by atoms with van der Waals surface area (Å²) in [5.74, 6) is 0.494. The van der Waals surface area contributed by atoms with Crippen LogP contribution in [0.5, 0.6) is 5.75 Å². The van der Waals surface area contributed by atoms with Crippen molar-refractivity contribution in [2.24, 2.45) is 0 Å². The van der Waals surface area contributed by atoms with E-state index < -0.39 is 10.8 Å². The number of benzene rings is 3. The molecule has 1 unspecified atom stereocenters. The first-order valence-corrected chi connectivity index (χ1v) is 11.4. The maximum absolute atomic E-state index is 13.5. The summed E-state index contributed by atoms with van der Waals surface area (Å²) in [6, 6.07) is 24.4. The Hall–Kier alpha value is -2.95. The standard InChI is InChI=1S/C26H24O3S/c1-2-3-10-17-29-21-15-16-22-23(18-21)30(28)26(24(22)19-11-6-4-7-12-19)25(27)20-13-8-5-9-14-20/h4-9,11-16,18H,2-3,10,17H2,1H3. The Morgan fingerprint density at radius 1 is 0.933 bits per heavy atom. The lowest BCUT2D eigenvalue weighted by atomic mass is 9.98. The molecule has 0 N–H and O–H groups in total. The molecule has 4 heteroatoms. The van der Waals surface area contributed by atoms with Crippen LogP contribution in [0.3, 0.4) is 0 Å². The molecule has 1 atom stereocenters. The van der Waals surface area contributed by atoms with E-state index in [0.29, 0.717) is 27.5 Å². The SMILES string of the molecule is CCCCCOc1ccc2c(-c3ccccc3)c(C(=O)c3ccccc3)[s+]([O-])c2c1. The highest BCUT2D eigenvalue weighted by Crippen LogP contribution is 2.46. The first kappa shape index (κ1) is 20.3. The normalized spacial score (nSPS) is 11.6. The third kappa shape index (κ3) is 4.02. The largest absolute Gasteiger partial charge is 0.590 e. The topological polar surface area (TPSA) is 49.4 Å². The van der Waals surface area contributed by atoms with Crippen molar-refractivity contribution in [1.29, 1.82) is 0 Å². The maximum Gasteiger partial charge on any atom is 0.245 e. The fourth-order valence-electron chi connectivity index (χ4n) is 3.63. The molecule has 0 aliphatic carbocycles. The number of fused-ring (bicyclic) bond motifs is 1. The van der Waals surface area contributed by atoms with E-state index in [9.17, 15) is 9.35 Å². The fraction of sp³-hybridized carbons (Fsp3) is 0.192. The molecule has 0 spiro atoms. The van der Waals surface area contributed by atoms with Crippen molar-refractivity contribution in [2.45, 2.75) is 26.2 Å². The Bertz CT molecular complexity index is 1150. The van der Waals surface area contributed by atoms with E-state index in [4.69, 9.17) is 4.74 Å². The number of rotatable bonds is 8. The zero-order chi connectivity index (χ0) is 20.9. The highest BCUT2D eigenvalue weighted by atomic mass is 32.2. The quantitative estimate of drug-likeness (QED) is 0.176. The molecule has 3 nitrogen and oxygen atoms in total. The number of ether oxygens (including phenoxy) is 1. The van der Waals surface area contributed by atoms with E-state index in [1.807, 2.05) is 66.7 Å². The van der Waals surface area contributed by atoms with Crippen LogP contribution in [0.4, 0.5) is 0 Å². The molecule has 0 aliphatic heterocycles. The smallest absolute Gasteiger partial charge is 0.245 e. The Morgan fingerprint density at radius 3 is 2.33 bits per heavy atom. The second kappa shape index (κ2) is 9.24. The predicted octanol–water partition coefficient (Wildman–Crippen LogP) is 7.03. The van der Waals surface area contributed by atoms with Gasteiger partial charge in [-0.05, 0) is 34.9 Å². The minimum Gasteiger partial charge on any atom is -0.590 e. The zero-order valence-electron chi connectivity index (χ0n) is 17.0. The summed E-state index contributed by atoms with van der Waals surface area (Å²) in [7, 11) is -1.57. The van der Waals surface area contributed by atoms with Gasteiger partial charge in [0.1, 0.15) is 5.75 Å². The molecule has 4 aromatic rings. The number of hydrogen-bond acceptors (Lipinski definition) is 3. The monoisotopic (exact) mass is 416 g/mol. The van der Waals surface area contributed by atoms with Gasteiger partial charge in [-0.1, -0.05) is 80.4 Å². The molecule has 1 aromatic heterocycles. The van der Waals surface area contributed by atoms with Crippen molar-refractivity contribution in [3.63, 3.8) is 0 Å². The molecule has 0 aliphatic rings. The van der Waals surface area contributed by atoms with Crippen LogP contribution in [0.15, 0.2) is 78.9 Å². The number of hydrogen-bond donors (Lipinski definition) is 0. The van der Waals surface area contributed by atoms with Gasteiger partial charge in [0, 0.05) is 17.0 Å². The van der Waals surface area contributed by atoms with Gasteiger partial charge >= 0.3 is 0 Å². The van der Waals surface area contributed by atoms with Gasteiger partial charge in [0.15, 0.2) is 4.70 Å². The van der Waals surface area contributed by atoms with Crippen LogP contribution in [-0.4, -0.2) is 16.9 Å². The van der Waals surface area contributed by atoms with Crippen LogP contribution >= 0.6 is 10.8 Å². The second-order valence-corrected chi connectivity index (χ2v) is 8.63. The molecule has 0 fully saturated rings. The molecule has 0 saturated carbocycles. The van der Waals surface area contributed by atoms with Gasteiger partial charge in [-0.3, -0.25) is 4.79 Å². The Kier molecular flexibility index (Phi) is 6.26. The Balaban J connectivity index is 1.84. The summed E-state index contributed by atoms with van der Waals surface area (Å²) in [6.45, 7) is 2.79. The third-order valence-electron chi connectivity index (χ3n) is 5.16. The summed E-state index contributed by atoms with van der Waals surface area (Å²) in [6.07, 6.45) is 3.24. The van der Waals surface area contributed by atoms with Crippen molar-refractivity contribution >= 4 is 26.6 Å². The van der Waals surface area contributed by atoms with Crippen molar-refractivity contribution in [3.05, 3.63) is 89.3 Å². The summed E-state index contributed by atoms with van der Waals surface area (Å²) >= 11 is 0. The highest BCUT2D eigenvalue weighted by molar-refractivity contribution is 7.33. The van der Waals surface area contributed by atoms with Crippen LogP contribution < -0.4 is 4.74 Å². The molecule has 152 valence electrons. The van der Waals surface area contributed by atoms with E-state index in [2.05, 4.69) is 6.92 Å². The van der Waals surface area contributed by atoms with Gasteiger partial charge in [0.2, 0.25) is 10.7 Å². The average molecular weight is 417 g/mol. The van der Waals surface area contributed by atoms with Crippen molar-refractivity contribution < 1.29 is 14.1 Å². The zero-order valence-corrected chi connectivity index (χ0v) is 17.8. The van der Waals surface area contributed by atoms with Gasteiger partial charge < -0.3 is 9.29 Å². The molecule has 1 heterocycles. The summed E-state index contributed by atoms with van der Waals surface area (Å²) in [4.78, 5) is 13.7. The summed E-state index contributed by atoms with van der Waals surface area (Å²) in [5.41, 5.74) is 2.17. The highest BCUT2D eigenvalue weighted by Gasteiger charge is 2.30. The third-order valence-corrected chi connectivity index (χ3v) is 6.65. The van der Waals surface area contributed by atoms with E-state index in [-0.39, 0.29) is 5.78 Å².